The number of H-pyrrole nitrogens is 1. The highest BCUT2D eigenvalue weighted by Gasteiger charge is 2.37. The summed E-state index contributed by atoms with van der Waals surface area (Å²) in [7, 11) is -3.63. The molecule has 3 atom stereocenters. The van der Waals surface area contributed by atoms with Crippen LogP contribution in [0.15, 0.2) is 34.0 Å². The third kappa shape index (κ3) is 3.29. The van der Waals surface area contributed by atoms with Gasteiger partial charge in [0.15, 0.2) is 0 Å². The van der Waals surface area contributed by atoms with Gasteiger partial charge in [-0.1, -0.05) is 0 Å². The van der Waals surface area contributed by atoms with Crippen molar-refractivity contribution in [2.45, 2.75) is 43.4 Å². The predicted octanol–water partition coefficient (Wildman–Crippen LogP) is 0.976. The van der Waals surface area contributed by atoms with Crippen LogP contribution in [0.2, 0.25) is 0 Å². The van der Waals surface area contributed by atoms with Crippen molar-refractivity contribution >= 4 is 20.9 Å². The van der Waals surface area contributed by atoms with Crippen LogP contribution in [0.4, 0.5) is 0 Å². The summed E-state index contributed by atoms with van der Waals surface area (Å²) in [5.41, 5.74) is 1.20. The van der Waals surface area contributed by atoms with E-state index >= 15 is 0 Å². The number of benzene rings is 1. The van der Waals surface area contributed by atoms with Gasteiger partial charge in [0.25, 0.3) is 0 Å². The zero-order valence-electron chi connectivity index (χ0n) is 14.9. The maximum Gasteiger partial charge on any atom is 0.248 e. The van der Waals surface area contributed by atoms with Gasteiger partial charge in [-0.3, -0.25) is 9.69 Å². The van der Waals surface area contributed by atoms with Crippen molar-refractivity contribution in [2.75, 3.05) is 19.7 Å². The van der Waals surface area contributed by atoms with Crippen molar-refractivity contribution in [3.8, 4) is 0 Å². The molecule has 2 saturated heterocycles. The average Bonchev–Trinajstić information content (AvgIpc) is 2.94. The Morgan fingerprint density at radius 1 is 1.27 bits per heavy atom. The quantitative estimate of drug-likeness (QED) is 0.832. The maximum atomic E-state index is 12.8. The molecule has 2 aromatic rings. The normalized spacial score (nSPS) is 26.9. The van der Waals surface area contributed by atoms with Gasteiger partial charge in [-0.2, -0.15) is 0 Å². The van der Waals surface area contributed by atoms with E-state index in [1.807, 2.05) is 6.92 Å². The molecule has 4 rings (SSSR count). The van der Waals surface area contributed by atoms with Crippen LogP contribution in [-0.2, 0) is 14.8 Å². The van der Waals surface area contributed by atoms with Gasteiger partial charge in [-0.15, -0.1) is 0 Å². The second-order valence-corrected chi connectivity index (χ2v) is 9.04. The Labute approximate surface area is 152 Å². The Balaban J connectivity index is 1.57. The number of hydrogen-bond acceptors (Lipinski definition) is 5. The number of aromatic amines is 1. The smallest absolute Gasteiger partial charge is 0.248 e. The van der Waals surface area contributed by atoms with Crippen molar-refractivity contribution in [2.24, 2.45) is 0 Å². The maximum absolute atomic E-state index is 12.8. The summed E-state index contributed by atoms with van der Waals surface area (Å²) >= 11 is 0. The van der Waals surface area contributed by atoms with Gasteiger partial charge in [-0.05, 0) is 44.0 Å². The first-order chi connectivity index (χ1) is 12.3. The lowest BCUT2D eigenvalue weighted by molar-refractivity contribution is -0.0390. The molecule has 0 amide bonds. The highest BCUT2D eigenvalue weighted by Crippen LogP contribution is 2.25. The number of ether oxygens (including phenoxy) is 1. The third-order valence-electron chi connectivity index (χ3n) is 5.25. The first kappa shape index (κ1) is 17.7. The summed E-state index contributed by atoms with van der Waals surface area (Å²) < 4.78 is 34.2. The topological polar surface area (TPSA) is 91.5 Å². The Kier molecular flexibility index (Phi) is 4.38. The molecule has 7 nitrogen and oxygen atoms in total. The summed E-state index contributed by atoms with van der Waals surface area (Å²) in [6.07, 6.45) is 0.943. The number of nitrogens with zero attached hydrogens (tertiary/aromatic N) is 1. The Hall–Kier alpha value is -1.74. The molecular formula is C18H23N3O4S. The molecule has 26 heavy (non-hydrogen) atoms. The average molecular weight is 377 g/mol. The van der Waals surface area contributed by atoms with Crippen LogP contribution in [0.1, 0.15) is 18.9 Å². The summed E-state index contributed by atoms with van der Waals surface area (Å²) in [5, 5.41) is 0.735. The van der Waals surface area contributed by atoms with Crippen molar-refractivity contribution in [1.82, 2.24) is 14.6 Å². The van der Waals surface area contributed by atoms with Crippen molar-refractivity contribution in [3.05, 3.63) is 40.2 Å². The number of morpholine rings is 1. The minimum atomic E-state index is -3.63. The van der Waals surface area contributed by atoms with Crippen LogP contribution >= 0.6 is 0 Å². The Morgan fingerprint density at radius 3 is 2.88 bits per heavy atom. The predicted molar refractivity (Wildman–Crippen MR) is 98.8 cm³/mol. The highest BCUT2D eigenvalue weighted by atomic mass is 32.2. The van der Waals surface area contributed by atoms with Gasteiger partial charge in [0.2, 0.25) is 15.6 Å². The van der Waals surface area contributed by atoms with Crippen LogP contribution in [0, 0.1) is 6.92 Å². The van der Waals surface area contributed by atoms with Crippen molar-refractivity contribution < 1.29 is 13.2 Å². The van der Waals surface area contributed by atoms with Crippen LogP contribution in [0.25, 0.3) is 10.9 Å². The Morgan fingerprint density at radius 2 is 2.08 bits per heavy atom. The zero-order chi connectivity index (χ0) is 18.5. The fourth-order valence-electron chi connectivity index (χ4n) is 3.98. The standard InChI is InChI=1S/C18H23N3O4S/c1-11-5-18(22)19-17-4-3-15(7-16(11)17)26(23,24)20-13-6-14-10-25-12(2)8-21(14)9-13/h3-5,7,12-14,20H,6,8-10H2,1-2H3,(H,19,22)/t12-,13-,14-/m0/s1. The number of rotatable bonds is 3. The number of aryl methyl sites for hydroxylation is 1. The van der Waals surface area contributed by atoms with E-state index in [4.69, 9.17) is 4.74 Å². The van der Waals surface area contributed by atoms with E-state index in [0.717, 1.165) is 23.9 Å². The number of fused-ring (bicyclic) bond motifs is 2. The van der Waals surface area contributed by atoms with E-state index in [2.05, 4.69) is 14.6 Å². The second-order valence-electron chi connectivity index (χ2n) is 7.33. The van der Waals surface area contributed by atoms with E-state index < -0.39 is 10.0 Å². The van der Waals surface area contributed by atoms with Gasteiger partial charge in [-0.25, -0.2) is 13.1 Å². The first-order valence-electron chi connectivity index (χ1n) is 8.83. The lowest BCUT2D eigenvalue weighted by atomic mass is 10.1. The van der Waals surface area contributed by atoms with Crippen LogP contribution in [-0.4, -0.2) is 56.2 Å². The minimum absolute atomic E-state index is 0.119. The second kappa shape index (κ2) is 6.45. The molecule has 1 aromatic carbocycles. The van der Waals surface area contributed by atoms with Gasteiger partial charge < -0.3 is 9.72 Å². The summed E-state index contributed by atoms with van der Waals surface area (Å²) in [6, 6.07) is 6.44. The molecule has 0 spiro atoms. The minimum Gasteiger partial charge on any atom is -0.376 e. The van der Waals surface area contributed by atoms with Gasteiger partial charge >= 0.3 is 0 Å². The number of sulfonamides is 1. The van der Waals surface area contributed by atoms with E-state index in [-0.39, 0.29) is 28.6 Å². The van der Waals surface area contributed by atoms with E-state index in [9.17, 15) is 13.2 Å². The number of pyridine rings is 1. The molecule has 2 fully saturated rings. The molecule has 140 valence electrons. The molecule has 0 bridgehead atoms. The monoisotopic (exact) mass is 377 g/mol. The number of hydrogen-bond donors (Lipinski definition) is 2. The summed E-state index contributed by atoms with van der Waals surface area (Å²) in [4.78, 5) is 16.8. The molecule has 2 aliphatic heterocycles. The highest BCUT2D eigenvalue weighted by molar-refractivity contribution is 7.89. The molecule has 0 radical (unpaired) electrons. The van der Waals surface area contributed by atoms with Gasteiger partial charge in [0, 0.05) is 42.1 Å². The van der Waals surface area contributed by atoms with E-state index in [0.29, 0.717) is 18.7 Å². The molecular weight excluding hydrogens is 354 g/mol. The summed E-state index contributed by atoms with van der Waals surface area (Å²) in [5.74, 6) is 0. The zero-order valence-corrected chi connectivity index (χ0v) is 15.7. The van der Waals surface area contributed by atoms with Crippen molar-refractivity contribution in [1.29, 1.82) is 0 Å². The van der Waals surface area contributed by atoms with E-state index in [1.54, 1.807) is 19.1 Å². The molecule has 1 aromatic heterocycles. The van der Waals surface area contributed by atoms with E-state index in [1.165, 1.54) is 12.1 Å². The lowest BCUT2D eigenvalue weighted by Crippen LogP contribution is -2.45. The molecule has 3 heterocycles. The fourth-order valence-corrected chi connectivity index (χ4v) is 5.25. The van der Waals surface area contributed by atoms with Gasteiger partial charge in [0.1, 0.15) is 0 Å². The molecule has 8 heteroatoms. The largest absolute Gasteiger partial charge is 0.376 e. The van der Waals surface area contributed by atoms with Crippen molar-refractivity contribution in [3.63, 3.8) is 0 Å². The SMILES string of the molecule is Cc1cc(=O)[nH]c2ccc(S(=O)(=O)N[C@H]3C[C@H]4CO[C@@H](C)CN4C3)cc12. The fraction of sp³-hybridized carbons (Fsp3) is 0.500. The molecule has 0 saturated carbocycles. The first-order valence-corrected chi connectivity index (χ1v) is 10.3. The van der Waals surface area contributed by atoms with Crippen LogP contribution in [0.5, 0.6) is 0 Å². The molecule has 2 aliphatic rings. The van der Waals surface area contributed by atoms with Crippen LogP contribution in [0.3, 0.4) is 0 Å². The number of aromatic nitrogens is 1. The van der Waals surface area contributed by atoms with Gasteiger partial charge in [0.05, 0.1) is 17.6 Å². The molecule has 0 aliphatic carbocycles. The summed E-state index contributed by atoms with van der Waals surface area (Å²) in [6.45, 7) is 6.04. The molecule has 2 N–H and O–H groups in total. The van der Waals surface area contributed by atoms with Crippen LogP contribution < -0.4 is 10.3 Å². The lowest BCUT2D eigenvalue weighted by Gasteiger charge is -2.33. The number of nitrogens with one attached hydrogen (secondary N) is 2. The third-order valence-corrected chi connectivity index (χ3v) is 6.76. The molecule has 0 unspecified atom stereocenters. The Bertz CT molecular complexity index is 1000.